The third-order valence-electron chi connectivity index (χ3n) is 4.53. The fourth-order valence-corrected chi connectivity index (χ4v) is 3.20. The number of nitrogens with zero attached hydrogens (tertiary/aromatic N) is 1. The van der Waals surface area contributed by atoms with Gasteiger partial charge in [0.05, 0.1) is 6.61 Å². The summed E-state index contributed by atoms with van der Waals surface area (Å²) in [5.41, 5.74) is 2.44. The molecule has 3 nitrogen and oxygen atoms in total. The van der Waals surface area contributed by atoms with E-state index in [9.17, 15) is 22.4 Å². The fraction of sp³-hybridized carbons (Fsp3) is 0.350. The van der Waals surface area contributed by atoms with E-state index >= 15 is 0 Å². The summed E-state index contributed by atoms with van der Waals surface area (Å²) in [5.74, 6) is -0.559. The molecule has 2 aromatic rings. The molecule has 1 unspecified atom stereocenters. The number of halogens is 4. The van der Waals surface area contributed by atoms with Gasteiger partial charge in [0.15, 0.2) is 0 Å². The quantitative estimate of drug-likeness (QED) is 0.706. The van der Waals surface area contributed by atoms with Crippen LogP contribution in [0.4, 0.5) is 23.2 Å². The third kappa shape index (κ3) is 4.66. The Morgan fingerprint density at radius 3 is 2.56 bits per heavy atom. The molecule has 1 heterocycles. The fourth-order valence-electron chi connectivity index (χ4n) is 3.20. The van der Waals surface area contributed by atoms with Crippen molar-refractivity contribution in [2.45, 2.75) is 38.6 Å². The van der Waals surface area contributed by atoms with Crippen molar-refractivity contribution >= 4 is 11.6 Å². The highest BCUT2D eigenvalue weighted by atomic mass is 19.4. The summed E-state index contributed by atoms with van der Waals surface area (Å²) in [6, 6.07) is 10.6. The van der Waals surface area contributed by atoms with Crippen molar-refractivity contribution in [3.8, 4) is 0 Å². The predicted molar refractivity (Wildman–Crippen MR) is 93.1 cm³/mol. The number of rotatable bonds is 4. The number of carbonyl (C=O) groups excluding carboxylic acids is 1. The SMILES string of the molecule is CC1CCc2cc(F)ccc2N1C(=O)c1ccc(COCC(F)(F)F)cc1. The Kier molecular flexibility index (Phi) is 5.51. The van der Waals surface area contributed by atoms with Crippen LogP contribution in [0.5, 0.6) is 0 Å². The highest BCUT2D eigenvalue weighted by Gasteiger charge is 2.29. The molecule has 1 aliphatic heterocycles. The van der Waals surface area contributed by atoms with Crippen molar-refractivity contribution in [2.24, 2.45) is 0 Å². The monoisotopic (exact) mass is 381 g/mol. The van der Waals surface area contributed by atoms with Crippen molar-refractivity contribution in [3.63, 3.8) is 0 Å². The van der Waals surface area contributed by atoms with Gasteiger partial charge in [-0.25, -0.2) is 4.39 Å². The van der Waals surface area contributed by atoms with Gasteiger partial charge in [0.25, 0.3) is 5.91 Å². The van der Waals surface area contributed by atoms with Crippen LogP contribution in [0.2, 0.25) is 0 Å². The molecule has 0 spiro atoms. The smallest absolute Gasteiger partial charge is 0.367 e. The van der Waals surface area contributed by atoms with Gasteiger partial charge in [0.1, 0.15) is 12.4 Å². The van der Waals surface area contributed by atoms with Crippen LogP contribution >= 0.6 is 0 Å². The first-order chi connectivity index (χ1) is 12.7. The largest absolute Gasteiger partial charge is 0.411 e. The van der Waals surface area contributed by atoms with Crippen LogP contribution in [-0.2, 0) is 17.8 Å². The van der Waals surface area contributed by atoms with Gasteiger partial charge >= 0.3 is 6.18 Å². The number of hydrogen-bond acceptors (Lipinski definition) is 2. The number of fused-ring (bicyclic) bond motifs is 1. The standard InChI is InChI=1S/C20H19F4NO2/c1-13-2-5-16-10-17(21)8-9-18(16)25(13)19(26)15-6-3-14(4-7-15)11-27-12-20(22,23)24/h3-4,6-10,13H,2,5,11-12H2,1H3. The molecule has 1 atom stereocenters. The van der Waals surface area contributed by atoms with Gasteiger partial charge < -0.3 is 9.64 Å². The minimum atomic E-state index is -4.37. The zero-order chi connectivity index (χ0) is 19.6. The second kappa shape index (κ2) is 7.68. The summed E-state index contributed by atoms with van der Waals surface area (Å²) in [4.78, 5) is 14.6. The molecule has 0 radical (unpaired) electrons. The first-order valence-electron chi connectivity index (χ1n) is 8.60. The molecule has 144 valence electrons. The molecule has 0 saturated carbocycles. The van der Waals surface area contributed by atoms with E-state index < -0.39 is 12.8 Å². The molecule has 0 N–H and O–H groups in total. The Morgan fingerprint density at radius 1 is 1.19 bits per heavy atom. The highest BCUT2D eigenvalue weighted by Crippen LogP contribution is 2.32. The molecule has 27 heavy (non-hydrogen) atoms. The van der Waals surface area contributed by atoms with Crippen molar-refractivity contribution in [1.82, 2.24) is 0 Å². The maximum atomic E-state index is 13.5. The Hall–Kier alpha value is -2.41. The Bertz CT molecular complexity index is 818. The van der Waals surface area contributed by atoms with Crippen molar-refractivity contribution in [2.75, 3.05) is 11.5 Å². The van der Waals surface area contributed by atoms with E-state index in [0.29, 0.717) is 23.2 Å². The molecule has 0 saturated heterocycles. The van der Waals surface area contributed by atoms with E-state index in [1.165, 1.54) is 12.1 Å². The van der Waals surface area contributed by atoms with Gasteiger partial charge in [-0.15, -0.1) is 0 Å². The molecule has 0 fully saturated rings. The molecule has 1 amide bonds. The minimum Gasteiger partial charge on any atom is -0.367 e. The second-order valence-electron chi connectivity index (χ2n) is 6.64. The molecule has 0 aliphatic carbocycles. The van der Waals surface area contributed by atoms with Crippen LogP contribution in [0.15, 0.2) is 42.5 Å². The van der Waals surface area contributed by atoms with Gasteiger partial charge in [-0.1, -0.05) is 12.1 Å². The number of anilines is 1. The Morgan fingerprint density at radius 2 is 1.89 bits per heavy atom. The summed E-state index contributed by atoms with van der Waals surface area (Å²) < 4.78 is 54.5. The first-order valence-corrected chi connectivity index (χ1v) is 8.60. The van der Waals surface area contributed by atoms with Crippen molar-refractivity contribution < 1.29 is 27.1 Å². The maximum Gasteiger partial charge on any atom is 0.411 e. The van der Waals surface area contributed by atoms with E-state index in [-0.39, 0.29) is 24.4 Å². The number of benzene rings is 2. The Balaban J connectivity index is 1.74. The molecule has 0 aromatic heterocycles. The normalized spacial score (nSPS) is 16.9. The van der Waals surface area contributed by atoms with E-state index in [1.54, 1.807) is 35.2 Å². The molecule has 2 aromatic carbocycles. The van der Waals surface area contributed by atoms with Crippen LogP contribution in [0.3, 0.4) is 0 Å². The van der Waals surface area contributed by atoms with Gasteiger partial charge in [-0.3, -0.25) is 4.79 Å². The zero-order valence-electron chi connectivity index (χ0n) is 14.7. The van der Waals surface area contributed by atoms with Crippen LogP contribution < -0.4 is 4.90 Å². The topological polar surface area (TPSA) is 29.5 Å². The van der Waals surface area contributed by atoms with E-state index in [4.69, 9.17) is 0 Å². The van der Waals surface area contributed by atoms with Crippen LogP contribution in [0, 0.1) is 5.82 Å². The average molecular weight is 381 g/mol. The Labute approximate surface area is 154 Å². The number of alkyl halides is 3. The first kappa shape index (κ1) is 19.4. The molecular weight excluding hydrogens is 362 g/mol. The number of carbonyl (C=O) groups is 1. The summed E-state index contributed by atoms with van der Waals surface area (Å²) in [6.45, 7) is 0.437. The van der Waals surface area contributed by atoms with Crippen molar-refractivity contribution in [1.29, 1.82) is 0 Å². The predicted octanol–water partition coefficient (Wildman–Crippen LogP) is 4.89. The average Bonchev–Trinajstić information content (AvgIpc) is 2.61. The lowest BCUT2D eigenvalue weighted by molar-refractivity contribution is -0.176. The van der Waals surface area contributed by atoms with Gasteiger partial charge in [-0.2, -0.15) is 13.2 Å². The number of ether oxygens (including phenoxy) is 1. The lowest BCUT2D eigenvalue weighted by Gasteiger charge is -2.35. The van der Waals surface area contributed by atoms with Gasteiger partial charge in [-0.05, 0) is 61.2 Å². The number of hydrogen-bond donors (Lipinski definition) is 0. The minimum absolute atomic E-state index is 0.0368. The second-order valence-corrected chi connectivity index (χ2v) is 6.64. The summed E-state index contributed by atoms with van der Waals surface area (Å²) >= 11 is 0. The maximum absolute atomic E-state index is 13.5. The highest BCUT2D eigenvalue weighted by molar-refractivity contribution is 6.07. The van der Waals surface area contributed by atoms with Crippen molar-refractivity contribution in [3.05, 3.63) is 65.0 Å². The van der Waals surface area contributed by atoms with E-state index in [0.717, 1.165) is 12.0 Å². The summed E-state index contributed by atoms with van der Waals surface area (Å²) in [5, 5.41) is 0. The van der Waals surface area contributed by atoms with Crippen LogP contribution in [0.1, 0.15) is 34.8 Å². The van der Waals surface area contributed by atoms with E-state index in [2.05, 4.69) is 4.74 Å². The zero-order valence-corrected chi connectivity index (χ0v) is 14.7. The van der Waals surface area contributed by atoms with Gasteiger partial charge in [0.2, 0.25) is 0 Å². The molecule has 1 aliphatic rings. The lowest BCUT2D eigenvalue weighted by Crippen LogP contribution is -2.42. The summed E-state index contributed by atoms with van der Waals surface area (Å²) in [6.07, 6.45) is -2.94. The summed E-state index contributed by atoms with van der Waals surface area (Å²) in [7, 11) is 0. The number of amides is 1. The van der Waals surface area contributed by atoms with Gasteiger partial charge in [0, 0.05) is 17.3 Å². The molecule has 3 rings (SSSR count). The number of aryl methyl sites for hydroxylation is 1. The van der Waals surface area contributed by atoms with Crippen LogP contribution in [0.25, 0.3) is 0 Å². The van der Waals surface area contributed by atoms with Crippen LogP contribution in [-0.4, -0.2) is 24.7 Å². The molecule has 0 bridgehead atoms. The lowest BCUT2D eigenvalue weighted by atomic mass is 9.95. The molecule has 7 heteroatoms. The molecular formula is C20H19F4NO2. The third-order valence-corrected chi connectivity index (χ3v) is 4.53. The van der Waals surface area contributed by atoms with E-state index in [1.807, 2.05) is 6.92 Å².